The number of carboxylic acids is 1. The summed E-state index contributed by atoms with van der Waals surface area (Å²) in [5.41, 5.74) is 1.38. The molecule has 0 aliphatic carbocycles. The Morgan fingerprint density at radius 2 is 1.87 bits per heavy atom. The fourth-order valence-electron chi connectivity index (χ4n) is 1.76. The van der Waals surface area contributed by atoms with Gasteiger partial charge in [0.2, 0.25) is 0 Å². The molecule has 0 saturated heterocycles. The maximum Gasteiger partial charge on any atom is 0.262 e. The van der Waals surface area contributed by atoms with E-state index in [1.54, 1.807) is 18.2 Å². The van der Waals surface area contributed by atoms with E-state index in [0.29, 0.717) is 10.7 Å². The van der Waals surface area contributed by atoms with Crippen LogP contribution in [0.2, 0.25) is 10.0 Å². The number of hydrogen-bond acceptors (Lipinski definition) is 4. The Kier molecular flexibility index (Phi) is 5.47. The van der Waals surface area contributed by atoms with Crippen molar-refractivity contribution in [2.24, 2.45) is 0 Å². The first-order chi connectivity index (χ1) is 10.9. The molecule has 0 heterocycles. The van der Waals surface area contributed by atoms with E-state index >= 15 is 0 Å². The Labute approximate surface area is 142 Å². The molecule has 2 rings (SSSR count). The fraction of sp³-hybridized carbons (Fsp3) is 0.125. The SMILES string of the molecule is Cc1ccc(NC(=O)COc2ccc(C(=O)[O-])cc2Cl)cc1Cl. The molecule has 0 saturated carbocycles. The zero-order valence-electron chi connectivity index (χ0n) is 12.1. The molecule has 0 spiro atoms. The van der Waals surface area contributed by atoms with E-state index in [1.807, 2.05) is 6.92 Å². The molecule has 0 bridgehead atoms. The predicted octanol–water partition coefficient (Wildman–Crippen LogP) is 2.68. The van der Waals surface area contributed by atoms with Gasteiger partial charge in [-0.15, -0.1) is 0 Å². The number of ether oxygens (including phenoxy) is 1. The van der Waals surface area contributed by atoms with Crippen LogP contribution in [-0.2, 0) is 4.79 Å². The second-order valence-corrected chi connectivity index (χ2v) is 5.55. The number of carbonyl (C=O) groups is 2. The van der Waals surface area contributed by atoms with Crippen molar-refractivity contribution in [3.8, 4) is 5.75 Å². The Balaban J connectivity index is 1.96. The minimum absolute atomic E-state index is 0.0684. The molecular weight excluding hydrogens is 341 g/mol. The monoisotopic (exact) mass is 352 g/mol. The van der Waals surface area contributed by atoms with Crippen molar-refractivity contribution in [2.45, 2.75) is 6.92 Å². The predicted molar refractivity (Wildman–Crippen MR) is 86.1 cm³/mol. The largest absolute Gasteiger partial charge is 0.545 e. The van der Waals surface area contributed by atoms with Crippen LogP contribution < -0.4 is 15.2 Å². The van der Waals surface area contributed by atoms with Crippen molar-refractivity contribution in [3.05, 3.63) is 57.6 Å². The first-order valence-electron chi connectivity index (χ1n) is 6.56. The lowest BCUT2D eigenvalue weighted by atomic mass is 10.2. The minimum Gasteiger partial charge on any atom is -0.545 e. The minimum atomic E-state index is -1.34. The van der Waals surface area contributed by atoms with Gasteiger partial charge in [-0.05, 0) is 48.4 Å². The lowest BCUT2D eigenvalue weighted by Gasteiger charge is -2.11. The molecule has 2 aromatic carbocycles. The molecule has 120 valence electrons. The molecular formula is C16H12Cl2NO4-. The summed E-state index contributed by atoms with van der Waals surface area (Å²) >= 11 is 11.9. The van der Waals surface area contributed by atoms with Crippen LogP contribution in [0.3, 0.4) is 0 Å². The highest BCUT2D eigenvalue weighted by Crippen LogP contribution is 2.25. The van der Waals surface area contributed by atoms with Gasteiger partial charge >= 0.3 is 0 Å². The van der Waals surface area contributed by atoms with E-state index in [2.05, 4.69) is 5.32 Å². The number of hydrogen-bond donors (Lipinski definition) is 1. The molecule has 1 amide bonds. The van der Waals surface area contributed by atoms with E-state index in [9.17, 15) is 14.7 Å². The lowest BCUT2D eigenvalue weighted by Crippen LogP contribution is -2.22. The van der Waals surface area contributed by atoms with Crippen molar-refractivity contribution in [1.29, 1.82) is 0 Å². The van der Waals surface area contributed by atoms with Crippen LogP contribution >= 0.6 is 23.2 Å². The number of benzene rings is 2. The van der Waals surface area contributed by atoms with Crippen LogP contribution in [0.1, 0.15) is 15.9 Å². The summed E-state index contributed by atoms with van der Waals surface area (Å²) < 4.78 is 5.27. The first kappa shape index (κ1) is 17.1. The van der Waals surface area contributed by atoms with Crippen LogP contribution in [0.4, 0.5) is 5.69 Å². The Bertz CT molecular complexity index is 762. The summed E-state index contributed by atoms with van der Waals surface area (Å²) in [5.74, 6) is -1.54. The molecule has 0 unspecified atom stereocenters. The molecule has 1 N–H and O–H groups in total. The zero-order chi connectivity index (χ0) is 17.0. The van der Waals surface area contributed by atoms with Gasteiger partial charge in [-0.1, -0.05) is 29.3 Å². The van der Waals surface area contributed by atoms with Crippen molar-refractivity contribution in [2.75, 3.05) is 11.9 Å². The van der Waals surface area contributed by atoms with Crippen molar-refractivity contribution in [3.63, 3.8) is 0 Å². The molecule has 0 aliphatic heterocycles. The maximum atomic E-state index is 11.8. The molecule has 0 radical (unpaired) electrons. The number of rotatable bonds is 5. The summed E-state index contributed by atoms with van der Waals surface area (Å²) in [6.45, 7) is 1.57. The molecule has 0 aliphatic rings. The third kappa shape index (κ3) is 4.61. The molecule has 0 aromatic heterocycles. The summed E-state index contributed by atoms with van der Waals surface area (Å²) in [7, 11) is 0. The van der Waals surface area contributed by atoms with Gasteiger partial charge in [-0.2, -0.15) is 0 Å². The lowest BCUT2D eigenvalue weighted by molar-refractivity contribution is -0.255. The van der Waals surface area contributed by atoms with Crippen LogP contribution in [-0.4, -0.2) is 18.5 Å². The summed E-state index contributed by atoms with van der Waals surface area (Å²) in [5, 5.41) is 14.0. The molecule has 0 atom stereocenters. The highest BCUT2D eigenvalue weighted by molar-refractivity contribution is 6.32. The average molecular weight is 353 g/mol. The zero-order valence-corrected chi connectivity index (χ0v) is 13.6. The Morgan fingerprint density at radius 1 is 1.13 bits per heavy atom. The highest BCUT2D eigenvalue weighted by Gasteiger charge is 2.08. The van der Waals surface area contributed by atoms with E-state index in [0.717, 1.165) is 5.56 Å². The van der Waals surface area contributed by atoms with Gasteiger partial charge in [0.25, 0.3) is 5.91 Å². The second kappa shape index (κ2) is 7.35. The Hall–Kier alpha value is -2.24. The standard InChI is InChI=1S/C16H13Cl2NO4/c1-9-2-4-11(7-12(9)17)19-15(20)8-23-14-5-3-10(16(21)22)6-13(14)18/h2-7H,8H2,1H3,(H,19,20)(H,21,22)/p-1. The smallest absolute Gasteiger partial charge is 0.262 e. The van der Waals surface area contributed by atoms with Crippen LogP contribution in [0, 0.1) is 6.92 Å². The van der Waals surface area contributed by atoms with Gasteiger partial charge in [-0.25, -0.2) is 0 Å². The number of aromatic carboxylic acids is 1. The highest BCUT2D eigenvalue weighted by atomic mass is 35.5. The number of carbonyl (C=O) groups excluding carboxylic acids is 2. The van der Waals surface area contributed by atoms with Gasteiger partial charge in [0.1, 0.15) is 5.75 Å². The van der Waals surface area contributed by atoms with Crippen LogP contribution in [0.15, 0.2) is 36.4 Å². The fourth-order valence-corrected chi connectivity index (χ4v) is 2.17. The van der Waals surface area contributed by atoms with E-state index in [1.165, 1.54) is 18.2 Å². The van der Waals surface area contributed by atoms with Crippen molar-refractivity contribution >= 4 is 40.8 Å². The number of carboxylic acid groups (broad SMARTS) is 1. The van der Waals surface area contributed by atoms with Crippen molar-refractivity contribution < 1.29 is 19.4 Å². The van der Waals surface area contributed by atoms with E-state index < -0.39 is 11.9 Å². The summed E-state index contributed by atoms with van der Waals surface area (Å²) in [6.07, 6.45) is 0. The van der Waals surface area contributed by atoms with Crippen molar-refractivity contribution in [1.82, 2.24) is 0 Å². The van der Waals surface area contributed by atoms with Gasteiger partial charge < -0.3 is 20.0 Å². The molecule has 7 heteroatoms. The van der Waals surface area contributed by atoms with E-state index in [4.69, 9.17) is 27.9 Å². The first-order valence-corrected chi connectivity index (χ1v) is 7.32. The maximum absolute atomic E-state index is 11.8. The number of nitrogens with one attached hydrogen (secondary N) is 1. The molecule has 23 heavy (non-hydrogen) atoms. The topological polar surface area (TPSA) is 78.5 Å². The normalized spacial score (nSPS) is 10.2. The van der Waals surface area contributed by atoms with Gasteiger partial charge in [0, 0.05) is 10.7 Å². The van der Waals surface area contributed by atoms with Gasteiger partial charge in [-0.3, -0.25) is 4.79 Å². The third-order valence-electron chi connectivity index (χ3n) is 2.98. The quantitative estimate of drug-likeness (QED) is 0.897. The average Bonchev–Trinajstić information content (AvgIpc) is 2.49. The van der Waals surface area contributed by atoms with Gasteiger partial charge in [0.15, 0.2) is 6.61 Å². The Morgan fingerprint density at radius 3 is 2.48 bits per heavy atom. The third-order valence-corrected chi connectivity index (χ3v) is 3.68. The number of halogens is 2. The summed E-state index contributed by atoms with van der Waals surface area (Å²) in [4.78, 5) is 22.5. The molecule has 5 nitrogen and oxygen atoms in total. The number of anilines is 1. The summed E-state index contributed by atoms with van der Waals surface area (Å²) in [6, 6.07) is 8.99. The number of aryl methyl sites for hydroxylation is 1. The van der Waals surface area contributed by atoms with Crippen LogP contribution in [0.5, 0.6) is 5.75 Å². The molecule has 2 aromatic rings. The molecule has 0 fully saturated rings. The second-order valence-electron chi connectivity index (χ2n) is 4.73. The van der Waals surface area contributed by atoms with Gasteiger partial charge in [0.05, 0.1) is 11.0 Å². The van der Waals surface area contributed by atoms with Crippen LogP contribution in [0.25, 0.3) is 0 Å². The number of amides is 1. The van der Waals surface area contributed by atoms with E-state index in [-0.39, 0.29) is 22.9 Å².